The first-order chi connectivity index (χ1) is 15.8. The van der Waals surface area contributed by atoms with Gasteiger partial charge >= 0.3 is 0 Å². The fraction of sp³-hybridized carbons (Fsp3) is 0.240. The summed E-state index contributed by atoms with van der Waals surface area (Å²) in [6.45, 7) is 4.15. The van der Waals surface area contributed by atoms with Gasteiger partial charge in [-0.05, 0) is 60.2 Å². The van der Waals surface area contributed by atoms with Crippen LogP contribution in [0.3, 0.4) is 0 Å². The van der Waals surface area contributed by atoms with Gasteiger partial charge in [-0.2, -0.15) is 0 Å². The molecule has 0 aliphatic carbocycles. The second-order valence-electron chi connectivity index (χ2n) is 7.82. The first-order valence-electron chi connectivity index (χ1n) is 10.4. The molecule has 0 radical (unpaired) electrons. The van der Waals surface area contributed by atoms with Crippen LogP contribution in [0, 0.1) is 0 Å². The molecule has 6 nitrogen and oxygen atoms in total. The van der Waals surface area contributed by atoms with Crippen molar-refractivity contribution in [3.63, 3.8) is 0 Å². The average Bonchev–Trinajstić information content (AvgIpc) is 3.11. The van der Waals surface area contributed by atoms with E-state index in [1.54, 1.807) is 13.2 Å². The van der Waals surface area contributed by atoms with Gasteiger partial charge in [0.25, 0.3) is 5.92 Å². The van der Waals surface area contributed by atoms with Gasteiger partial charge < -0.3 is 10.5 Å². The molecule has 8 heteroatoms. The number of hydrogen-bond acceptors (Lipinski definition) is 6. The fourth-order valence-electron chi connectivity index (χ4n) is 4.25. The Balaban J connectivity index is 1.94. The first-order valence-corrected chi connectivity index (χ1v) is 10.4. The van der Waals surface area contributed by atoms with Crippen molar-refractivity contribution >= 4 is 18.5 Å². The van der Waals surface area contributed by atoms with E-state index in [4.69, 9.17) is 15.5 Å². The van der Waals surface area contributed by atoms with E-state index in [2.05, 4.69) is 16.7 Å². The highest BCUT2D eigenvalue weighted by Gasteiger charge is 2.53. The second-order valence-corrected chi connectivity index (χ2v) is 7.82. The van der Waals surface area contributed by atoms with Crippen LogP contribution in [-0.2, 0) is 5.54 Å². The predicted molar refractivity (Wildman–Crippen MR) is 128 cm³/mol. The zero-order chi connectivity index (χ0) is 23.6. The molecular formula is C25H25F2N5O. The smallest absolute Gasteiger partial charge is 0.284 e. The topological polar surface area (TPSA) is 75.6 Å². The van der Waals surface area contributed by atoms with Crippen LogP contribution in [0.4, 0.5) is 8.78 Å². The number of fused-ring (bicyclic) bond motifs is 1. The molecule has 0 saturated heterocycles. The lowest BCUT2D eigenvalue weighted by Gasteiger charge is -2.36. The summed E-state index contributed by atoms with van der Waals surface area (Å²) in [6, 6.07) is 15.4. The van der Waals surface area contributed by atoms with Crippen LogP contribution in [0.2, 0.25) is 0 Å². The Morgan fingerprint density at radius 1 is 1.21 bits per heavy atom. The third-order valence-electron chi connectivity index (χ3n) is 5.76. The molecule has 0 spiro atoms. The Labute approximate surface area is 191 Å². The Morgan fingerprint density at radius 3 is 2.64 bits per heavy atom. The maximum Gasteiger partial charge on any atom is 0.284 e. The number of benzene rings is 2. The summed E-state index contributed by atoms with van der Waals surface area (Å²) in [6.07, 6.45) is 5.14. The van der Waals surface area contributed by atoms with Gasteiger partial charge in [0.05, 0.1) is 13.7 Å². The molecule has 0 amide bonds. The molecule has 2 aliphatic rings. The number of ether oxygens (including phenoxy) is 1. The molecule has 4 rings (SSSR count). The highest BCUT2D eigenvalue weighted by molar-refractivity contribution is 6.12. The number of hydrogen-bond donors (Lipinski definition) is 1. The van der Waals surface area contributed by atoms with Crippen molar-refractivity contribution in [2.45, 2.75) is 18.4 Å². The lowest BCUT2D eigenvalue weighted by atomic mass is 9.80. The minimum atomic E-state index is -2.99. The van der Waals surface area contributed by atoms with Crippen LogP contribution in [0.15, 0.2) is 87.4 Å². The van der Waals surface area contributed by atoms with E-state index in [1.165, 1.54) is 11.1 Å². The van der Waals surface area contributed by atoms with Crippen LogP contribution in [0.25, 0.3) is 11.1 Å². The summed E-state index contributed by atoms with van der Waals surface area (Å²) in [5, 5.41) is 0. The monoisotopic (exact) mass is 449 g/mol. The van der Waals surface area contributed by atoms with Crippen LogP contribution in [0.5, 0.6) is 5.75 Å². The Hall–Kier alpha value is -3.81. The van der Waals surface area contributed by atoms with Gasteiger partial charge in [0.2, 0.25) is 0 Å². The Morgan fingerprint density at radius 2 is 1.94 bits per heavy atom. The third-order valence-corrected chi connectivity index (χ3v) is 5.76. The molecule has 0 fully saturated rings. The minimum absolute atomic E-state index is 0.000722. The van der Waals surface area contributed by atoms with Crippen LogP contribution < -0.4 is 10.5 Å². The average molecular weight is 450 g/mol. The summed E-state index contributed by atoms with van der Waals surface area (Å²) < 4.78 is 33.7. The number of nitrogens with two attached hydrogens (primary N) is 1. The standard InChI is InChI=1S/C25H25F2N5O/c1-4-19(11-12-29-2)25(22-30-15-24(26,27)16-32(22)23(28)31-25)20-9-5-7-17(13-20)18-8-6-10-21(14-18)33-3/h4-14H,2,15-16H2,1,3H3,(H2,28,31)/b12-11-,19-4+. The summed E-state index contributed by atoms with van der Waals surface area (Å²) in [7, 11) is 1.62. The van der Waals surface area contributed by atoms with Crippen LogP contribution in [0.1, 0.15) is 12.5 Å². The summed E-state index contributed by atoms with van der Waals surface area (Å²) in [5.74, 6) is -1.89. The molecule has 2 aliphatic heterocycles. The van der Waals surface area contributed by atoms with Gasteiger partial charge in [0.1, 0.15) is 18.1 Å². The molecule has 1 atom stereocenters. The maximum atomic E-state index is 14.2. The van der Waals surface area contributed by atoms with Gasteiger partial charge in [0.15, 0.2) is 11.5 Å². The number of methoxy groups -OCH3 is 1. The van der Waals surface area contributed by atoms with E-state index in [9.17, 15) is 8.78 Å². The van der Waals surface area contributed by atoms with Gasteiger partial charge in [0, 0.05) is 6.20 Å². The van der Waals surface area contributed by atoms with Crippen molar-refractivity contribution in [3.05, 3.63) is 78.0 Å². The summed E-state index contributed by atoms with van der Waals surface area (Å²) >= 11 is 0. The Kier molecular flexibility index (Phi) is 5.84. The lowest BCUT2D eigenvalue weighted by molar-refractivity contribution is -0.00437. The number of amidine groups is 1. The van der Waals surface area contributed by atoms with Crippen molar-refractivity contribution in [1.29, 1.82) is 0 Å². The predicted octanol–water partition coefficient (Wildman–Crippen LogP) is 4.40. The van der Waals surface area contributed by atoms with Crippen molar-refractivity contribution in [1.82, 2.24) is 4.90 Å². The molecule has 1 unspecified atom stereocenters. The quantitative estimate of drug-likeness (QED) is 0.525. The van der Waals surface area contributed by atoms with Crippen LogP contribution >= 0.6 is 0 Å². The number of aliphatic imine (C=N–C) groups is 3. The molecule has 0 aromatic heterocycles. The first kappa shape index (κ1) is 22.4. The van der Waals surface area contributed by atoms with Gasteiger partial charge in [-0.1, -0.05) is 36.4 Å². The molecule has 170 valence electrons. The van der Waals surface area contributed by atoms with E-state index in [0.29, 0.717) is 11.4 Å². The van der Waals surface area contributed by atoms with E-state index in [0.717, 1.165) is 22.4 Å². The van der Waals surface area contributed by atoms with Gasteiger partial charge in [-0.15, -0.1) is 0 Å². The molecule has 33 heavy (non-hydrogen) atoms. The maximum absolute atomic E-state index is 14.2. The molecule has 2 aromatic carbocycles. The van der Waals surface area contributed by atoms with Crippen molar-refractivity contribution in [3.8, 4) is 16.9 Å². The van der Waals surface area contributed by atoms with E-state index < -0.39 is 24.6 Å². The van der Waals surface area contributed by atoms with Crippen molar-refractivity contribution in [2.75, 3.05) is 20.2 Å². The normalized spacial score (nSPS) is 22.1. The largest absolute Gasteiger partial charge is 0.497 e. The molecule has 0 saturated carbocycles. The second kappa shape index (κ2) is 8.61. The number of guanidine groups is 1. The number of allylic oxidation sites excluding steroid dienone is 1. The van der Waals surface area contributed by atoms with Crippen LogP contribution in [-0.4, -0.2) is 49.5 Å². The molecule has 0 bridgehead atoms. The zero-order valence-corrected chi connectivity index (χ0v) is 18.5. The fourth-order valence-corrected chi connectivity index (χ4v) is 4.25. The summed E-state index contributed by atoms with van der Waals surface area (Å²) in [4.78, 5) is 14.1. The van der Waals surface area contributed by atoms with Crippen molar-refractivity contribution in [2.24, 2.45) is 20.7 Å². The highest BCUT2D eigenvalue weighted by Crippen LogP contribution is 2.44. The minimum Gasteiger partial charge on any atom is -0.497 e. The van der Waals surface area contributed by atoms with E-state index in [1.807, 2.05) is 61.5 Å². The highest BCUT2D eigenvalue weighted by atomic mass is 19.3. The molecule has 2 aromatic rings. The summed E-state index contributed by atoms with van der Waals surface area (Å²) in [5.41, 5.74) is 8.31. The van der Waals surface area contributed by atoms with E-state index >= 15 is 0 Å². The number of rotatable bonds is 6. The molecule has 2 heterocycles. The van der Waals surface area contributed by atoms with Gasteiger partial charge in [-0.25, -0.2) is 13.8 Å². The Bertz CT molecular complexity index is 1200. The van der Waals surface area contributed by atoms with E-state index in [-0.39, 0.29) is 5.96 Å². The third kappa shape index (κ3) is 3.92. The SMILES string of the molecule is C=N/C=C\C(=C/C)C1(c2cccc(-c3cccc(OC)c3)c2)N=C(N)N2CC(F)(F)CN=C21. The lowest BCUT2D eigenvalue weighted by Crippen LogP contribution is -2.53. The number of nitrogens with zero attached hydrogens (tertiary/aromatic N) is 4. The number of halogens is 2. The molecular weight excluding hydrogens is 424 g/mol. The van der Waals surface area contributed by atoms with Gasteiger partial charge in [-0.3, -0.25) is 14.9 Å². The zero-order valence-electron chi connectivity index (χ0n) is 18.5. The molecule has 2 N–H and O–H groups in total. The number of alkyl halides is 2. The van der Waals surface area contributed by atoms with Crippen molar-refractivity contribution < 1.29 is 13.5 Å².